The summed E-state index contributed by atoms with van der Waals surface area (Å²) in [5.74, 6) is 2.13. The summed E-state index contributed by atoms with van der Waals surface area (Å²) in [6, 6.07) is 17.8. The van der Waals surface area contributed by atoms with Crippen LogP contribution in [0.25, 0.3) is 0 Å². The zero-order valence-corrected chi connectivity index (χ0v) is 15.6. The first kappa shape index (κ1) is 18.3. The second kappa shape index (κ2) is 8.75. The maximum atomic E-state index is 12.8. The molecule has 4 nitrogen and oxygen atoms in total. The third kappa shape index (κ3) is 5.01. The van der Waals surface area contributed by atoms with Gasteiger partial charge in [-0.15, -0.1) is 0 Å². The Morgan fingerprint density at radius 2 is 1.65 bits per heavy atom. The molecule has 1 aliphatic carbocycles. The Balaban J connectivity index is 1.61. The second-order valence-corrected chi connectivity index (χ2v) is 6.78. The van der Waals surface area contributed by atoms with Gasteiger partial charge < -0.3 is 14.4 Å². The number of carbonyl (C=O) groups is 1. The third-order valence-corrected chi connectivity index (χ3v) is 4.81. The fourth-order valence-corrected chi connectivity index (χ4v) is 3.10. The summed E-state index contributed by atoms with van der Waals surface area (Å²) in [6.45, 7) is 5.41. The lowest BCUT2D eigenvalue weighted by Gasteiger charge is -2.29. The molecule has 26 heavy (non-hydrogen) atoms. The van der Waals surface area contributed by atoms with Crippen molar-refractivity contribution >= 4 is 5.91 Å². The zero-order valence-electron chi connectivity index (χ0n) is 15.6. The van der Waals surface area contributed by atoms with Crippen LogP contribution in [0.2, 0.25) is 0 Å². The van der Waals surface area contributed by atoms with Gasteiger partial charge in [-0.3, -0.25) is 4.79 Å². The van der Waals surface area contributed by atoms with Gasteiger partial charge in [0.25, 0.3) is 5.91 Å². The molecule has 2 aromatic rings. The van der Waals surface area contributed by atoms with Crippen LogP contribution in [0, 0.1) is 5.92 Å². The van der Waals surface area contributed by atoms with Gasteiger partial charge in [0.2, 0.25) is 0 Å². The van der Waals surface area contributed by atoms with Gasteiger partial charge in [-0.25, -0.2) is 0 Å². The maximum absolute atomic E-state index is 12.8. The molecular formula is C22H27NO3. The molecule has 138 valence electrons. The van der Waals surface area contributed by atoms with Crippen LogP contribution in [0.15, 0.2) is 54.6 Å². The van der Waals surface area contributed by atoms with E-state index < -0.39 is 0 Å². The largest absolute Gasteiger partial charge is 0.494 e. The summed E-state index contributed by atoms with van der Waals surface area (Å²) in [4.78, 5) is 14.8. The van der Waals surface area contributed by atoms with Crippen molar-refractivity contribution in [1.82, 2.24) is 4.90 Å². The highest BCUT2D eigenvalue weighted by Gasteiger charge is 2.34. The van der Waals surface area contributed by atoms with Gasteiger partial charge in [0.15, 0.2) is 6.61 Å². The van der Waals surface area contributed by atoms with E-state index in [4.69, 9.17) is 9.47 Å². The van der Waals surface area contributed by atoms with Crippen LogP contribution in [0.4, 0.5) is 0 Å². The van der Waals surface area contributed by atoms with E-state index >= 15 is 0 Å². The molecule has 4 heteroatoms. The van der Waals surface area contributed by atoms with Crippen molar-refractivity contribution in [2.24, 2.45) is 5.92 Å². The van der Waals surface area contributed by atoms with Crippen LogP contribution in [0.5, 0.6) is 11.5 Å². The number of amides is 1. The molecule has 2 aromatic carbocycles. The number of nitrogens with zero attached hydrogens (tertiary/aromatic N) is 1. The molecule has 0 aromatic heterocycles. The fourth-order valence-electron chi connectivity index (χ4n) is 3.10. The van der Waals surface area contributed by atoms with Gasteiger partial charge in [-0.05, 0) is 62.4 Å². The normalized spacial score (nSPS) is 14.5. The van der Waals surface area contributed by atoms with E-state index in [1.807, 2.05) is 54.3 Å². The molecule has 1 aliphatic rings. The summed E-state index contributed by atoms with van der Waals surface area (Å²) in [5.41, 5.74) is 1.15. The zero-order chi connectivity index (χ0) is 18.4. The Morgan fingerprint density at radius 1 is 1.04 bits per heavy atom. The molecule has 0 aliphatic heterocycles. The number of rotatable bonds is 9. The predicted molar refractivity (Wildman–Crippen MR) is 102 cm³/mol. The Kier molecular flexibility index (Phi) is 6.16. The number of benzene rings is 2. The second-order valence-electron chi connectivity index (χ2n) is 6.78. The average molecular weight is 353 g/mol. The van der Waals surface area contributed by atoms with Gasteiger partial charge in [0.1, 0.15) is 11.5 Å². The topological polar surface area (TPSA) is 38.8 Å². The summed E-state index contributed by atoms with van der Waals surface area (Å²) in [7, 11) is 0. The first-order valence-electron chi connectivity index (χ1n) is 9.36. The Hall–Kier alpha value is -2.49. The lowest BCUT2D eigenvalue weighted by Crippen LogP contribution is -2.42. The predicted octanol–water partition coefficient (Wildman–Crippen LogP) is 4.29. The molecule has 1 atom stereocenters. The highest BCUT2D eigenvalue weighted by molar-refractivity contribution is 5.78. The van der Waals surface area contributed by atoms with Crippen LogP contribution in [0.1, 0.15) is 32.3 Å². The lowest BCUT2D eigenvalue weighted by atomic mass is 10.1. The number of hydrogen-bond donors (Lipinski definition) is 0. The standard InChI is InChI=1S/C22H27NO3/c1-3-25-20-11-13-21(14-12-20)26-16-22(24)23(17(2)19-9-10-19)15-18-7-5-4-6-8-18/h4-8,11-14,17,19H,3,9-10,15-16H2,1-2H3. The molecule has 0 N–H and O–H groups in total. The van der Waals surface area contributed by atoms with Crippen LogP contribution in [-0.4, -0.2) is 30.1 Å². The minimum absolute atomic E-state index is 0.0298. The molecule has 0 heterocycles. The van der Waals surface area contributed by atoms with Crippen molar-refractivity contribution in [3.63, 3.8) is 0 Å². The number of ether oxygens (including phenoxy) is 2. The molecule has 0 radical (unpaired) electrons. The quantitative estimate of drug-likeness (QED) is 0.675. The molecule has 1 amide bonds. The minimum Gasteiger partial charge on any atom is -0.494 e. The lowest BCUT2D eigenvalue weighted by molar-refractivity contribution is -0.136. The van der Waals surface area contributed by atoms with Gasteiger partial charge in [0, 0.05) is 12.6 Å². The van der Waals surface area contributed by atoms with E-state index in [1.165, 1.54) is 12.8 Å². The van der Waals surface area contributed by atoms with Gasteiger partial charge in [-0.2, -0.15) is 0 Å². The van der Waals surface area contributed by atoms with Crippen molar-refractivity contribution in [2.45, 2.75) is 39.3 Å². The molecule has 0 saturated heterocycles. The van der Waals surface area contributed by atoms with Gasteiger partial charge in [-0.1, -0.05) is 30.3 Å². The SMILES string of the molecule is CCOc1ccc(OCC(=O)N(Cc2ccccc2)C(C)C2CC2)cc1. The summed E-state index contributed by atoms with van der Waals surface area (Å²) >= 11 is 0. The molecule has 0 bridgehead atoms. The Bertz CT molecular complexity index is 695. The van der Waals surface area contributed by atoms with Crippen LogP contribution in [0.3, 0.4) is 0 Å². The van der Waals surface area contributed by atoms with E-state index in [0.29, 0.717) is 24.8 Å². The molecule has 1 fully saturated rings. The minimum atomic E-state index is 0.0298. The Labute approximate surface area is 155 Å². The molecule has 3 rings (SSSR count). The van der Waals surface area contributed by atoms with Crippen molar-refractivity contribution in [3.05, 3.63) is 60.2 Å². The van der Waals surface area contributed by atoms with Crippen molar-refractivity contribution < 1.29 is 14.3 Å². The van der Waals surface area contributed by atoms with Crippen molar-refractivity contribution in [2.75, 3.05) is 13.2 Å². The van der Waals surface area contributed by atoms with E-state index in [0.717, 1.165) is 11.3 Å². The van der Waals surface area contributed by atoms with Gasteiger partial charge >= 0.3 is 0 Å². The highest BCUT2D eigenvalue weighted by Crippen LogP contribution is 2.35. The molecule has 1 unspecified atom stereocenters. The third-order valence-electron chi connectivity index (χ3n) is 4.81. The van der Waals surface area contributed by atoms with E-state index in [-0.39, 0.29) is 18.6 Å². The fraction of sp³-hybridized carbons (Fsp3) is 0.409. The van der Waals surface area contributed by atoms with E-state index in [9.17, 15) is 4.79 Å². The molecule has 0 spiro atoms. The first-order chi connectivity index (χ1) is 12.7. The van der Waals surface area contributed by atoms with Crippen LogP contribution < -0.4 is 9.47 Å². The van der Waals surface area contributed by atoms with E-state index in [1.54, 1.807) is 0 Å². The summed E-state index contributed by atoms with van der Waals surface area (Å²) in [5, 5.41) is 0. The average Bonchev–Trinajstić information content (AvgIpc) is 3.51. The van der Waals surface area contributed by atoms with Crippen LogP contribution >= 0.6 is 0 Å². The Morgan fingerprint density at radius 3 is 2.23 bits per heavy atom. The van der Waals surface area contributed by atoms with Crippen molar-refractivity contribution in [3.8, 4) is 11.5 Å². The van der Waals surface area contributed by atoms with Crippen molar-refractivity contribution in [1.29, 1.82) is 0 Å². The molecule has 1 saturated carbocycles. The number of hydrogen-bond acceptors (Lipinski definition) is 3. The monoisotopic (exact) mass is 353 g/mol. The molecular weight excluding hydrogens is 326 g/mol. The van der Waals surface area contributed by atoms with Crippen LogP contribution in [-0.2, 0) is 11.3 Å². The smallest absolute Gasteiger partial charge is 0.261 e. The first-order valence-corrected chi connectivity index (χ1v) is 9.36. The maximum Gasteiger partial charge on any atom is 0.261 e. The number of carbonyl (C=O) groups excluding carboxylic acids is 1. The van der Waals surface area contributed by atoms with E-state index in [2.05, 4.69) is 19.1 Å². The highest BCUT2D eigenvalue weighted by atomic mass is 16.5. The summed E-state index contributed by atoms with van der Waals surface area (Å²) < 4.78 is 11.1. The summed E-state index contributed by atoms with van der Waals surface area (Å²) in [6.07, 6.45) is 2.42. The van der Waals surface area contributed by atoms with Gasteiger partial charge in [0.05, 0.1) is 6.61 Å².